The highest BCUT2D eigenvalue weighted by molar-refractivity contribution is 5.96. The van der Waals surface area contributed by atoms with Gasteiger partial charge in [0.05, 0.1) is 12.1 Å². The maximum atomic E-state index is 13.2. The van der Waals surface area contributed by atoms with Gasteiger partial charge in [-0.15, -0.1) is 0 Å². The second kappa shape index (κ2) is 6.68. The van der Waals surface area contributed by atoms with Gasteiger partial charge in [0.25, 0.3) is 5.91 Å². The number of carbonyl (C=O) groups excluding carboxylic acids is 1. The van der Waals surface area contributed by atoms with E-state index in [0.717, 1.165) is 6.07 Å². The van der Waals surface area contributed by atoms with E-state index in [2.05, 4.69) is 22.3 Å². The number of benzene rings is 1. The summed E-state index contributed by atoms with van der Waals surface area (Å²) in [6, 6.07) is 5.38. The number of aryl methyl sites for hydroxylation is 1. The molecule has 0 radical (unpaired) electrons. The highest BCUT2D eigenvalue weighted by Gasteiger charge is 2.12. The van der Waals surface area contributed by atoms with E-state index in [9.17, 15) is 9.18 Å². The summed E-state index contributed by atoms with van der Waals surface area (Å²) in [5.41, 5.74) is 1.04. The molecule has 2 N–H and O–H groups in total. The Morgan fingerprint density at radius 2 is 2.29 bits per heavy atom. The molecule has 0 aliphatic heterocycles. The summed E-state index contributed by atoms with van der Waals surface area (Å²) in [4.78, 5) is 12.1. The number of aliphatic hydroxyl groups excluding tert-OH is 1. The molecule has 21 heavy (non-hydrogen) atoms. The molecule has 2 aromatic rings. The molecule has 0 fully saturated rings. The standard InChI is InChI=1S/C15H13FN2O3/c1-10-7-13(18-21-10)9-17-15(20)14-5-4-12(16)8-11(14)3-2-6-19/h4-5,7-8,19H,6,9H2,1H3,(H,17,20). The molecule has 0 bridgehead atoms. The van der Waals surface area contributed by atoms with Gasteiger partial charge in [-0.1, -0.05) is 17.0 Å². The van der Waals surface area contributed by atoms with Crippen LogP contribution in [0.3, 0.4) is 0 Å². The SMILES string of the molecule is Cc1cc(CNC(=O)c2ccc(F)cc2C#CCO)no1. The fourth-order valence-corrected chi connectivity index (χ4v) is 1.72. The van der Waals surface area contributed by atoms with Gasteiger partial charge in [-0.05, 0) is 25.1 Å². The zero-order valence-corrected chi connectivity index (χ0v) is 11.3. The number of hydrogen-bond acceptors (Lipinski definition) is 4. The van der Waals surface area contributed by atoms with Crippen molar-refractivity contribution < 1.29 is 18.8 Å². The average molecular weight is 288 g/mol. The van der Waals surface area contributed by atoms with E-state index >= 15 is 0 Å². The minimum Gasteiger partial charge on any atom is -0.384 e. The molecule has 5 nitrogen and oxygen atoms in total. The number of aliphatic hydroxyl groups is 1. The molecule has 0 aliphatic carbocycles. The Labute approximate surface area is 120 Å². The number of hydrogen-bond donors (Lipinski definition) is 2. The lowest BCUT2D eigenvalue weighted by Crippen LogP contribution is -2.24. The van der Waals surface area contributed by atoms with Crippen molar-refractivity contribution in [3.8, 4) is 11.8 Å². The maximum Gasteiger partial charge on any atom is 0.252 e. The van der Waals surface area contributed by atoms with E-state index in [1.165, 1.54) is 12.1 Å². The Kier molecular flexibility index (Phi) is 4.69. The summed E-state index contributed by atoms with van der Waals surface area (Å²) >= 11 is 0. The van der Waals surface area contributed by atoms with E-state index in [1.807, 2.05) is 0 Å². The number of carbonyl (C=O) groups is 1. The molecule has 1 amide bonds. The normalized spacial score (nSPS) is 9.86. The van der Waals surface area contributed by atoms with Crippen molar-refractivity contribution in [3.63, 3.8) is 0 Å². The summed E-state index contributed by atoms with van der Waals surface area (Å²) in [5.74, 6) is 4.69. The van der Waals surface area contributed by atoms with E-state index in [0.29, 0.717) is 11.5 Å². The number of amides is 1. The molecular formula is C15H13FN2O3. The topological polar surface area (TPSA) is 75.4 Å². The van der Waals surface area contributed by atoms with E-state index in [-0.39, 0.29) is 24.3 Å². The Morgan fingerprint density at radius 3 is 2.95 bits per heavy atom. The maximum absolute atomic E-state index is 13.2. The highest BCUT2D eigenvalue weighted by Crippen LogP contribution is 2.11. The Hall–Kier alpha value is -2.65. The fraction of sp³-hybridized carbons (Fsp3) is 0.200. The minimum absolute atomic E-state index is 0.195. The van der Waals surface area contributed by atoms with Gasteiger partial charge in [0.1, 0.15) is 23.9 Å². The van der Waals surface area contributed by atoms with Crippen molar-refractivity contribution in [1.29, 1.82) is 0 Å². The van der Waals surface area contributed by atoms with Gasteiger partial charge in [0.2, 0.25) is 0 Å². The second-order valence-electron chi connectivity index (χ2n) is 4.26. The predicted octanol–water partition coefficient (Wildman–Crippen LogP) is 1.40. The van der Waals surface area contributed by atoms with Crippen LogP contribution < -0.4 is 5.32 Å². The first kappa shape index (κ1) is 14.8. The molecular weight excluding hydrogens is 275 g/mol. The van der Waals surface area contributed by atoms with Crippen molar-refractivity contribution in [3.05, 3.63) is 52.7 Å². The Morgan fingerprint density at radius 1 is 1.48 bits per heavy atom. The van der Waals surface area contributed by atoms with Gasteiger partial charge in [-0.25, -0.2) is 4.39 Å². The monoisotopic (exact) mass is 288 g/mol. The Balaban J connectivity index is 2.14. The van der Waals surface area contributed by atoms with Crippen LogP contribution >= 0.6 is 0 Å². The lowest BCUT2D eigenvalue weighted by Gasteiger charge is -2.05. The molecule has 1 aromatic carbocycles. The van der Waals surface area contributed by atoms with Crippen LogP contribution in [0.15, 0.2) is 28.8 Å². The zero-order chi connectivity index (χ0) is 15.2. The Bertz CT molecular complexity index is 713. The molecule has 108 valence electrons. The van der Waals surface area contributed by atoms with Crippen LogP contribution in [0, 0.1) is 24.6 Å². The third kappa shape index (κ3) is 3.91. The molecule has 0 spiro atoms. The molecule has 6 heteroatoms. The lowest BCUT2D eigenvalue weighted by atomic mass is 10.1. The third-order valence-corrected chi connectivity index (χ3v) is 2.64. The van der Waals surface area contributed by atoms with Crippen LogP contribution in [0.1, 0.15) is 27.4 Å². The number of rotatable bonds is 3. The number of aromatic nitrogens is 1. The van der Waals surface area contributed by atoms with E-state index < -0.39 is 11.7 Å². The van der Waals surface area contributed by atoms with Crippen LogP contribution in [0.5, 0.6) is 0 Å². The molecule has 0 atom stereocenters. The zero-order valence-electron chi connectivity index (χ0n) is 11.3. The van der Waals surface area contributed by atoms with Gasteiger partial charge in [-0.3, -0.25) is 4.79 Å². The molecule has 0 unspecified atom stereocenters. The summed E-state index contributed by atoms with van der Waals surface area (Å²) in [5, 5.41) is 15.1. The van der Waals surface area contributed by atoms with Crippen molar-refractivity contribution in [2.75, 3.05) is 6.61 Å². The van der Waals surface area contributed by atoms with Crippen LogP contribution in [-0.2, 0) is 6.54 Å². The van der Waals surface area contributed by atoms with Crippen molar-refractivity contribution in [2.24, 2.45) is 0 Å². The summed E-state index contributed by atoms with van der Waals surface area (Å²) < 4.78 is 18.1. The van der Waals surface area contributed by atoms with Gasteiger partial charge in [-0.2, -0.15) is 0 Å². The molecule has 2 rings (SSSR count). The smallest absolute Gasteiger partial charge is 0.252 e. The largest absolute Gasteiger partial charge is 0.384 e. The van der Waals surface area contributed by atoms with Crippen LogP contribution in [0.4, 0.5) is 4.39 Å². The van der Waals surface area contributed by atoms with Crippen molar-refractivity contribution in [2.45, 2.75) is 13.5 Å². The van der Waals surface area contributed by atoms with Crippen molar-refractivity contribution >= 4 is 5.91 Å². The van der Waals surface area contributed by atoms with Crippen LogP contribution in [-0.4, -0.2) is 22.8 Å². The molecule has 1 heterocycles. The number of nitrogens with zero attached hydrogens (tertiary/aromatic N) is 1. The molecule has 1 aromatic heterocycles. The van der Waals surface area contributed by atoms with Gasteiger partial charge >= 0.3 is 0 Å². The van der Waals surface area contributed by atoms with Gasteiger partial charge in [0.15, 0.2) is 0 Å². The van der Waals surface area contributed by atoms with Gasteiger partial charge < -0.3 is 14.9 Å². The van der Waals surface area contributed by atoms with Crippen molar-refractivity contribution in [1.82, 2.24) is 10.5 Å². The average Bonchev–Trinajstić information content (AvgIpc) is 2.88. The first-order valence-electron chi connectivity index (χ1n) is 6.20. The summed E-state index contributed by atoms with van der Waals surface area (Å²) in [6.45, 7) is 1.58. The number of halogens is 1. The van der Waals surface area contributed by atoms with Gasteiger partial charge in [0, 0.05) is 11.6 Å². The molecule has 0 saturated heterocycles. The first-order chi connectivity index (χ1) is 10.1. The highest BCUT2D eigenvalue weighted by atomic mass is 19.1. The number of nitrogens with one attached hydrogen (secondary N) is 1. The quantitative estimate of drug-likeness (QED) is 0.837. The summed E-state index contributed by atoms with van der Waals surface area (Å²) in [6.07, 6.45) is 0. The minimum atomic E-state index is -0.499. The predicted molar refractivity (Wildman–Crippen MR) is 72.8 cm³/mol. The fourth-order valence-electron chi connectivity index (χ4n) is 1.72. The van der Waals surface area contributed by atoms with E-state index in [1.54, 1.807) is 13.0 Å². The van der Waals surface area contributed by atoms with E-state index in [4.69, 9.17) is 9.63 Å². The second-order valence-corrected chi connectivity index (χ2v) is 4.26. The first-order valence-corrected chi connectivity index (χ1v) is 6.20. The van der Waals surface area contributed by atoms with Crippen LogP contribution in [0.25, 0.3) is 0 Å². The summed E-state index contributed by atoms with van der Waals surface area (Å²) in [7, 11) is 0. The van der Waals surface area contributed by atoms with Crippen LogP contribution in [0.2, 0.25) is 0 Å². The molecule has 0 saturated carbocycles. The molecule has 0 aliphatic rings. The lowest BCUT2D eigenvalue weighted by molar-refractivity contribution is 0.0950. The third-order valence-electron chi connectivity index (χ3n) is 2.64.